The van der Waals surface area contributed by atoms with Crippen molar-refractivity contribution in [1.29, 1.82) is 0 Å². The first-order chi connectivity index (χ1) is 14.7. The summed E-state index contributed by atoms with van der Waals surface area (Å²) >= 11 is 0. The van der Waals surface area contributed by atoms with Crippen molar-refractivity contribution in [2.45, 2.75) is 39.4 Å². The molecule has 2 heterocycles. The molecule has 0 radical (unpaired) electrons. The molecule has 5 nitrogen and oxygen atoms in total. The molecule has 4 rings (SSSR count). The summed E-state index contributed by atoms with van der Waals surface area (Å²) in [6, 6.07) is 16.3. The number of nitrogens with one attached hydrogen (secondary N) is 1. The van der Waals surface area contributed by atoms with Gasteiger partial charge in [-0.2, -0.15) is 0 Å². The van der Waals surface area contributed by atoms with Crippen LogP contribution in [0.25, 0.3) is 0 Å². The van der Waals surface area contributed by atoms with Crippen molar-refractivity contribution in [3.63, 3.8) is 0 Å². The molecule has 0 saturated carbocycles. The molecule has 0 atom stereocenters. The first kappa shape index (κ1) is 20.4. The smallest absolute Gasteiger partial charge is 0.251 e. The molecule has 0 spiro atoms. The number of hydrogen-bond acceptors (Lipinski definition) is 3. The van der Waals surface area contributed by atoms with Crippen LogP contribution >= 0.6 is 0 Å². The summed E-state index contributed by atoms with van der Waals surface area (Å²) in [6.45, 7) is 6.99. The maximum Gasteiger partial charge on any atom is 0.251 e. The van der Waals surface area contributed by atoms with Crippen LogP contribution in [0.3, 0.4) is 0 Å². The van der Waals surface area contributed by atoms with E-state index in [-0.39, 0.29) is 5.91 Å². The van der Waals surface area contributed by atoms with Gasteiger partial charge >= 0.3 is 0 Å². The summed E-state index contributed by atoms with van der Waals surface area (Å²) < 4.78 is 2.01. The predicted molar refractivity (Wildman–Crippen MR) is 119 cm³/mol. The predicted octanol–water partition coefficient (Wildman–Crippen LogP) is 4.09. The van der Waals surface area contributed by atoms with Gasteiger partial charge in [0.1, 0.15) is 0 Å². The molecule has 1 N–H and O–H groups in total. The Labute approximate surface area is 178 Å². The minimum atomic E-state index is -0.0420. The second-order valence-electron chi connectivity index (χ2n) is 8.39. The molecule has 0 unspecified atom stereocenters. The van der Waals surface area contributed by atoms with Crippen LogP contribution in [0.1, 0.15) is 46.8 Å². The van der Waals surface area contributed by atoms with E-state index in [4.69, 9.17) is 0 Å². The van der Waals surface area contributed by atoms with Crippen LogP contribution < -0.4 is 5.32 Å². The van der Waals surface area contributed by atoms with Crippen molar-refractivity contribution in [3.05, 3.63) is 89.5 Å². The fourth-order valence-electron chi connectivity index (χ4n) is 3.95. The summed E-state index contributed by atoms with van der Waals surface area (Å²) in [4.78, 5) is 19.1. The minimum Gasteiger partial charge on any atom is -0.348 e. The van der Waals surface area contributed by atoms with E-state index >= 15 is 0 Å². The van der Waals surface area contributed by atoms with Crippen molar-refractivity contribution in [2.75, 3.05) is 13.1 Å². The minimum absolute atomic E-state index is 0.0420. The van der Waals surface area contributed by atoms with E-state index in [0.29, 0.717) is 12.1 Å². The average molecular weight is 403 g/mol. The number of rotatable bonds is 7. The van der Waals surface area contributed by atoms with E-state index in [1.165, 1.54) is 31.5 Å². The third-order valence-electron chi connectivity index (χ3n) is 5.87. The number of nitrogens with zero attached hydrogens (tertiary/aromatic N) is 3. The zero-order chi connectivity index (χ0) is 20.8. The molecular weight excluding hydrogens is 372 g/mol. The molecule has 1 aliphatic heterocycles. The van der Waals surface area contributed by atoms with E-state index < -0.39 is 0 Å². The van der Waals surface area contributed by atoms with E-state index in [1.54, 1.807) is 12.5 Å². The molecule has 156 valence electrons. The molecular formula is C25H30N4O. The molecule has 5 heteroatoms. The standard InChI is InChI=1S/C25H30N4O/c1-20-9-12-28(13-10-20)18-23-4-2-3-22(15-23)16-27-25(30)24-7-5-21(6-8-24)17-29-14-11-26-19-29/h2-8,11,14-15,19-20H,9-10,12-13,16-18H2,1H3,(H,27,30). The fourth-order valence-corrected chi connectivity index (χ4v) is 3.95. The quantitative estimate of drug-likeness (QED) is 0.647. The molecule has 3 aromatic rings. The van der Waals surface area contributed by atoms with Gasteiger partial charge in [-0.3, -0.25) is 9.69 Å². The molecule has 1 amide bonds. The van der Waals surface area contributed by atoms with Gasteiger partial charge in [-0.25, -0.2) is 4.98 Å². The first-order valence-corrected chi connectivity index (χ1v) is 10.8. The molecule has 0 bridgehead atoms. The molecule has 2 aromatic carbocycles. The average Bonchev–Trinajstić information content (AvgIpc) is 3.28. The zero-order valence-corrected chi connectivity index (χ0v) is 17.6. The fraction of sp³-hybridized carbons (Fsp3) is 0.360. The van der Waals surface area contributed by atoms with Crippen molar-refractivity contribution in [1.82, 2.24) is 19.8 Å². The summed E-state index contributed by atoms with van der Waals surface area (Å²) in [5.74, 6) is 0.808. The van der Waals surface area contributed by atoms with E-state index in [2.05, 4.69) is 46.4 Å². The number of benzene rings is 2. The Morgan fingerprint density at radius 1 is 1.03 bits per heavy atom. The topological polar surface area (TPSA) is 50.2 Å². The van der Waals surface area contributed by atoms with Gasteiger partial charge in [-0.15, -0.1) is 0 Å². The first-order valence-electron chi connectivity index (χ1n) is 10.8. The van der Waals surface area contributed by atoms with E-state index in [9.17, 15) is 4.79 Å². The molecule has 30 heavy (non-hydrogen) atoms. The van der Waals surface area contributed by atoms with Gasteiger partial charge in [0.05, 0.1) is 6.33 Å². The number of hydrogen-bond donors (Lipinski definition) is 1. The summed E-state index contributed by atoms with van der Waals surface area (Å²) in [5, 5.41) is 3.05. The van der Waals surface area contributed by atoms with Crippen molar-refractivity contribution < 1.29 is 4.79 Å². The van der Waals surface area contributed by atoms with Gasteiger partial charge in [-0.1, -0.05) is 43.3 Å². The highest BCUT2D eigenvalue weighted by Gasteiger charge is 2.15. The van der Waals surface area contributed by atoms with Crippen LogP contribution in [0, 0.1) is 5.92 Å². The Bertz CT molecular complexity index is 942. The van der Waals surface area contributed by atoms with Gasteiger partial charge in [0, 0.05) is 37.6 Å². The second kappa shape index (κ2) is 9.72. The number of imidazole rings is 1. The van der Waals surface area contributed by atoms with Crippen molar-refractivity contribution in [2.24, 2.45) is 5.92 Å². The molecule has 0 aliphatic carbocycles. The van der Waals surface area contributed by atoms with Crippen LogP contribution in [0.5, 0.6) is 0 Å². The van der Waals surface area contributed by atoms with Gasteiger partial charge in [0.25, 0.3) is 5.91 Å². The van der Waals surface area contributed by atoms with Crippen LogP contribution in [-0.4, -0.2) is 33.4 Å². The Morgan fingerprint density at radius 3 is 2.53 bits per heavy atom. The third kappa shape index (κ3) is 5.57. The van der Waals surface area contributed by atoms with Gasteiger partial charge in [0.15, 0.2) is 0 Å². The van der Waals surface area contributed by atoms with E-state index in [1.807, 2.05) is 35.0 Å². The lowest BCUT2D eigenvalue weighted by Gasteiger charge is -2.30. The summed E-state index contributed by atoms with van der Waals surface area (Å²) in [5.41, 5.74) is 4.29. The van der Waals surface area contributed by atoms with Crippen molar-refractivity contribution >= 4 is 5.91 Å². The lowest BCUT2D eigenvalue weighted by atomic mass is 9.98. The lowest BCUT2D eigenvalue weighted by molar-refractivity contribution is 0.0951. The highest BCUT2D eigenvalue weighted by Crippen LogP contribution is 2.18. The number of amides is 1. The summed E-state index contributed by atoms with van der Waals surface area (Å²) in [7, 11) is 0. The van der Waals surface area contributed by atoms with Crippen LogP contribution in [-0.2, 0) is 19.6 Å². The van der Waals surface area contributed by atoms with E-state index in [0.717, 1.165) is 30.1 Å². The van der Waals surface area contributed by atoms with Crippen LogP contribution in [0.2, 0.25) is 0 Å². The largest absolute Gasteiger partial charge is 0.348 e. The highest BCUT2D eigenvalue weighted by molar-refractivity contribution is 5.94. The Balaban J connectivity index is 1.29. The molecule has 1 saturated heterocycles. The molecule has 1 fully saturated rings. The summed E-state index contributed by atoms with van der Waals surface area (Å²) in [6.07, 6.45) is 8.07. The number of carbonyl (C=O) groups is 1. The van der Waals surface area contributed by atoms with Gasteiger partial charge < -0.3 is 9.88 Å². The maximum absolute atomic E-state index is 12.5. The third-order valence-corrected chi connectivity index (χ3v) is 5.87. The Morgan fingerprint density at radius 2 is 1.80 bits per heavy atom. The van der Waals surface area contributed by atoms with Crippen LogP contribution in [0.4, 0.5) is 0 Å². The Hall–Kier alpha value is -2.92. The number of piperidine rings is 1. The van der Waals surface area contributed by atoms with Crippen molar-refractivity contribution in [3.8, 4) is 0 Å². The van der Waals surface area contributed by atoms with Gasteiger partial charge in [0.2, 0.25) is 0 Å². The molecule has 1 aromatic heterocycles. The zero-order valence-electron chi connectivity index (χ0n) is 17.6. The highest BCUT2D eigenvalue weighted by atomic mass is 16.1. The SMILES string of the molecule is CC1CCN(Cc2cccc(CNC(=O)c3ccc(Cn4ccnc4)cc3)c2)CC1. The number of carbonyl (C=O) groups excluding carboxylic acids is 1. The Kier molecular flexibility index (Phi) is 6.60. The number of aromatic nitrogens is 2. The number of likely N-dealkylation sites (tertiary alicyclic amines) is 1. The lowest BCUT2D eigenvalue weighted by Crippen LogP contribution is -2.32. The maximum atomic E-state index is 12.5. The van der Waals surface area contributed by atoms with Crippen LogP contribution in [0.15, 0.2) is 67.3 Å². The molecule has 1 aliphatic rings. The second-order valence-corrected chi connectivity index (χ2v) is 8.39. The monoisotopic (exact) mass is 402 g/mol. The van der Waals surface area contributed by atoms with Gasteiger partial charge in [-0.05, 0) is 60.7 Å². The normalized spacial score (nSPS) is 15.2.